The lowest BCUT2D eigenvalue weighted by Crippen LogP contribution is -2.47. The minimum atomic E-state index is -3.84. The number of amides is 3. The van der Waals surface area contributed by atoms with Crippen molar-refractivity contribution < 1.29 is 23.2 Å². The van der Waals surface area contributed by atoms with Crippen molar-refractivity contribution in [2.45, 2.75) is 31.3 Å². The van der Waals surface area contributed by atoms with Crippen molar-refractivity contribution >= 4 is 32.7 Å². The largest absolute Gasteiger partial charge is 0.350 e. The quantitative estimate of drug-likeness (QED) is 0.179. The number of H-pyrrole nitrogens is 1. The lowest BCUT2D eigenvalue weighted by molar-refractivity contribution is -0.0805. The molecule has 3 aromatic carbocycles. The average Bonchev–Trinajstić information content (AvgIpc) is 2.94. The lowest BCUT2D eigenvalue weighted by Gasteiger charge is -2.27. The van der Waals surface area contributed by atoms with Gasteiger partial charge in [-0.05, 0) is 52.9 Å². The molecule has 0 saturated heterocycles. The Hall–Kier alpha value is -4.55. The molecule has 0 spiro atoms. The highest BCUT2D eigenvalue weighted by atomic mass is 32.2. The van der Waals surface area contributed by atoms with Crippen LogP contribution >= 0.6 is 0 Å². The molecule has 11 nitrogen and oxygen atoms in total. The van der Waals surface area contributed by atoms with Crippen LogP contribution in [0.2, 0.25) is 0 Å². The fraction of sp³-hybridized carbons (Fsp3) is 0.214. The Morgan fingerprint density at radius 2 is 1.73 bits per heavy atom. The van der Waals surface area contributed by atoms with Crippen LogP contribution in [0.25, 0.3) is 22.0 Å². The van der Waals surface area contributed by atoms with Crippen molar-refractivity contribution in [1.82, 2.24) is 20.3 Å². The molecule has 1 atom stereocenters. The smallest absolute Gasteiger partial charge is 0.338 e. The molecular weight excluding hydrogens is 534 g/mol. The second-order valence-corrected chi connectivity index (χ2v) is 11.6. The lowest BCUT2D eigenvalue weighted by atomic mass is 10.0. The Balaban J connectivity index is 1.46. The first kappa shape index (κ1) is 28.5. The first-order valence-electron chi connectivity index (χ1n) is 12.4. The molecule has 12 heteroatoms. The number of para-hydroxylation sites is 1. The minimum Gasteiger partial charge on any atom is -0.350 e. The standard InChI is InChI=1S/C28H29N5O6S/c1-17(2)24(33(37)28(29)36)16-40(38,39)21-12-10-19(11-13-21)20-7-5-6-18(14-20)15-30-27(35)25-31-23-9-4-3-8-22(23)26(34)32-25/h3-14,17,24,37H,15-16H2,1-2H3,(H2,29,36)(H,30,35)(H,31,32,34). The van der Waals surface area contributed by atoms with E-state index in [0.717, 1.165) is 16.7 Å². The normalized spacial score (nSPS) is 12.3. The number of carbonyl (C=O) groups excluding carboxylic acids is 2. The number of nitrogens with zero attached hydrogens (tertiary/aromatic N) is 2. The number of hydroxylamine groups is 2. The van der Waals surface area contributed by atoms with Gasteiger partial charge in [0.1, 0.15) is 0 Å². The monoisotopic (exact) mass is 563 g/mol. The molecular formula is C28H29N5O6S. The number of aromatic amines is 1. The minimum absolute atomic E-state index is 0.0417. The predicted molar refractivity (Wildman–Crippen MR) is 149 cm³/mol. The number of benzene rings is 3. The predicted octanol–water partition coefficient (Wildman–Crippen LogP) is 3.09. The maximum atomic E-state index is 13.0. The molecule has 0 saturated carbocycles. The molecule has 1 aromatic heterocycles. The topological polar surface area (TPSA) is 176 Å². The molecule has 0 radical (unpaired) electrons. The molecule has 0 bridgehead atoms. The molecule has 5 N–H and O–H groups in total. The SMILES string of the molecule is CC(C)C(CS(=O)(=O)c1ccc(-c2cccc(CNC(=O)c3nc4ccccc4c(=O)[nH]3)c2)cc1)N(O)C(N)=O. The number of primary amides is 1. The number of nitrogens with one attached hydrogen (secondary N) is 2. The van der Waals surface area contributed by atoms with Gasteiger partial charge in [-0.3, -0.25) is 14.8 Å². The van der Waals surface area contributed by atoms with E-state index in [1.807, 2.05) is 24.3 Å². The second kappa shape index (κ2) is 11.7. The van der Waals surface area contributed by atoms with Gasteiger partial charge in [0.15, 0.2) is 15.7 Å². The van der Waals surface area contributed by atoms with Crippen LogP contribution in [-0.4, -0.2) is 52.4 Å². The van der Waals surface area contributed by atoms with Gasteiger partial charge in [0, 0.05) is 6.54 Å². The average molecular weight is 564 g/mol. The molecule has 0 aliphatic heterocycles. The molecule has 1 unspecified atom stereocenters. The molecule has 0 aliphatic rings. The van der Waals surface area contributed by atoms with E-state index in [-0.39, 0.29) is 28.2 Å². The molecule has 0 fully saturated rings. The maximum Gasteiger partial charge on any atom is 0.338 e. The van der Waals surface area contributed by atoms with Gasteiger partial charge in [-0.15, -0.1) is 0 Å². The molecule has 1 heterocycles. The summed E-state index contributed by atoms with van der Waals surface area (Å²) < 4.78 is 26.0. The molecule has 40 heavy (non-hydrogen) atoms. The summed E-state index contributed by atoms with van der Waals surface area (Å²) >= 11 is 0. The fourth-order valence-corrected chi connectivity index (χ4v) is 5.92. The van der Waals surface area contributed by atoms with E-state index in [9.17, 15) is 28.0 Å². The van der Waals surface area contributed by atoms with Crippen molar-refractivity contribution in [2.24, 2.45) is 11.7 Å². The number of carbonyl (C=O) groups is 2. The number of fused-ring (bicyclic) bond motifs is 1. The first-order chi connectivity index (χ1) is 19.0. The zero-order valence-electron chi connectivity index (χ0n) is 21.9. The summed E-state index contributed by atoms with van der Waals surface area (Å²) in [6.07, 6.45) is 0. The number of nitrogens with two attached hydrogens (primary N) is 1. The summed E-state index contributed by atoms with van der Waals surface area (Å²) in [4.78, 5) is 43.1. The van der Waals surface area contributed by atoms with E-state index in [0.29, 0.717) is 10.9 Å². The molecule has 208 valence electrons. The molecule has 3 amide bonds. The van der Waals surface area contributed by atoms with Crippen LogP contribution < -0.4 is 16.6 Å². The van der Waals surface area contributed by atoms with Gasteiger partial charge in [-0.2, -0.15) is 0 Å². The van der Waals surface area contributed by atoms with Gasteiger partial charge in [-0.25, -0.2) is 23.3 Å². The van der Waals surface area contributed by atoms with E-state index in [1.54, 1.807) is 50.2 Å². The van der Waals surface area contributed by atoms with Gasteiger partial charge < -0.3 is 16.0 Å². The number of hydrogen-bond donors (Lipinski definition) is 4. The Bertz CT molecular complexity index is 1720. The Morgan fingerprint density at radius 3 is 2.40 bits per heavy atom. The number of rotatable bonds is 9. The van der Waals surface area contributed by atoms with Gasteiger partial charge in [0.2, 0.25) is 0 Å². The third-order valence-corrected chi connectivity index (χ3v) is 8.23. The van der Waals surface area contributed by atoms with Crippen molar-refractivity contribution in [3.05, 3.63) is 94.5 Å². The van der Waals surface area contributed by atoms with Crippen LogP contribution in [-0.2, 0) is 16.4 Å². The summed E-state index contributed by atoms with van der Waals surface area (Å²) in [6.45, 7) is 3.54. The number of urea groups is 1. The van der Waals surface area contributed by atoms with Gasteiger partial charge in [0.05, 0.1) is 27.6 Å². The number of aromatic nitrogens is 2. The Morgan fingerprint density at radius 1 is 1.02 bits per heavy atom. The number of hydrogen-bond acceptors (Lipinski definition) is 7. The van der Waals surface area contributed by atoms with Crippen LogP contribution in [0, 0.1) is 5.92 Å². The highest BCUT2D eigenvalue weighted by molar-refractivity contribution is 7.91. The van der Waals surface area contributed by atoms with Crippen LogP contribution in [0.3, 0.4) is 0 Å². The summed E-state index contributed by atoms with van der Waals surface area (Å²) in [6, 6.07) is 18.2. The van der Waals surface area contributed by atoms with Gasteiger partial charge in [0.25, 0.3) is 11.5 Å². The summed E-state index contributed by atoms with van der Waals surface area (Å²) in [5.41, 5.74) is 7.46. The van der Waals surface area contributed by atoms with E-state index < -0.39 is 39.1 Å². The summed E-state index contributed by atoms with van der Waals surface area (Å²) in [5.74, 6) is -1.46. The molecule has 4 aromatic rings. The van der Waals surface area contributed by atoms with E-state index >= 15 is 0 Å². The molecule has 0 aliphatic carbocycles. The Kier molecular flexibility index (Phi) is 8.31. The van der Waals surface area contributed by atoms with Crippen molar-refractivity contribution in [3.8, 4) is 11.1 Å². The fourth-order valence-electron chi connectivity index (χ4n) is 4.21. The van der Waals surface area contributed by atoms with Crippen molar-refractivity contribution in [2.75, 3.05) is 5.75 Å². The second-order valence-electron chi connectivity index (χ2n) is 9.61. The maximum absolute atomic E-state index is 13.0. The van der Waals surface area contributed by atoms with E-state index in [1.165, 1.54) is 12.1 Å². The molecule has 4 rings (SSSR count). The highest BCUT2D eigenvalue weighted by Crippen LogP contribution is 2.24. The van der Waals surface area contributed by atoms with Crippen LogP contribution in [0.15, 0.2) is 82.5 Å². The van der Waals surface area contributed by atoms with Crippen molar-refractivity contribution in [1.29, 1.82) is 0 Å². The zero-order chi connectivity index (χ0) is 29.0. The summed E-state index contributed by atoms with van der Waals surface area (Å²) in [5, 5.41) is 13.3. The third kappa shape index (κ3) is 6.35. The van der Waals surface area contributed by atoms with Gasteiger partial charge >= 0.3 is 6.03 Å². The number of sulfone groups is 1. The summed E-state index contributed by atoms with van der Waals surface area (Å²) in [7, 11) is -3.84. The van der Waals surface area contributed by atoms with Gasteiger partial charge in [-0.1, -0.05) is 56.3 Å². The van der Waals surface area contributed by atoms with Crippen LogP contribution in [0.4, 0.5) is 4.79 Å². The van der Waals surface area contributed by atoms with Crippen LogP contribution in [0.5, 0.6) is 0 Å². The highest BCUT2D eigenvalue weighted by Gasteiger charge is 2.30. The van der Waals surface area contributed by atoms with E-state index in [2.05, 4.69) is 15.3 Å². The first-order valence-corrected chi connectivity index (χ1v) is 14.1. The van der Waals surface area contributed by atoms with Crippen molar-refractivity contribution in [3.63, 3.8) is 0 Å². The van der Waals surface area contributed by atoms with E-state index in [4.69, 9.17) is 5.73 Å². The Labute approximate surface area is 230 Å². The third-order valence-electron chi connectivity index (χ3n) is 6.45. The zero-order valence-corrected chi connectivity index (χ0v) is 22.7. The van der Waals surface area contributed by atoms with Crippen LogP contribution in [0.1, 0.15) is 30.0 Å².